The second-order valence-corrected chi connectivity index (χ2v) is 6.96. The Morgan fingerprint density at radius 2 is 1.68 bits per heavy atom. The van der Waals surface area contributed by atoms with Crippen LogP contribution in [0.1, 0.15) is 37.7 Å². The maximum Gasteiger partial charge on any atom is 0.243 e. The molecule has 2 N–H and O–H groups in total. The molecule has 0 amide bonds. The zero-order valence-electron chi connectivity index (χ0n) is 11.2. The molecule has 1 aromatic rings. The summed E-state index contributed by atoms with van der Waals surface area (Å²) in [5.74, 6) is 0. The zero-order chi connectivity index (χ0) is 13.7. The molecule has 0 unspecified atom stereocenters. The van der Waals surface area contributed by atoms with Gasteiger partial charge in [0.1, 0.15) is 0 Å². The Kier molecular flexibility index (Phi) is 4.96. The van der Waals surface area contributed by atoms with Crippen LogP contribution in [0, 0.1) is 0 Å². The lowest BCUT2D eigenvalue weighted by molar-refractivity contribution is 0.364. The van der Waals surface area contributed by atoms with Crippen LogP contribution in [0.5, 0.6) is 0 Å². The quantitative estimate of drug-likeness (QED) is 0.923. The van der Waals surface area contributed by atoms with E-state index in [0.29, 0.717) is 24.5 Å². The molecule has 1 fully saturated rings. The van der Waals surface area contributed by atoms with E-state index in [0.717, 1.165) is 31.2 Å². The first-order valence-corrected chi connectivity index (χ1v) is 8.38. The number of hydrogen-bond donors (Lipinski definition) is 1. The van der Waals surface area contributed by atoms with E-state index in [1.165, 1.54) is 6.42 Å². The van der Waals surface area contributed by atoms with Crippen LogP contribution in [0.15, 0.2) is 29.2 Å². The van der Waals surface area contributed by atoms with Gasteiger partial charge in [-0.15, -0.1) is 0 Å². The molecule has 0 atom stereocenters. The minimum absolute atomic E-state index is 0.364. The fourth-order valence-corrected chi connectivity index (χ4v) is 4.03. The average molecular weight is 282 g/mol. The summed E-state index contributed by atoms with van der Waals surface area (Å²) in [6.45, 7) is 1.63. The third-order valence-electron chi connectivity index (χ3n) is 3.59. The molecule has 1 saturated heterocycles. The lowest BCUT2D eigenvalue weighted by Crippen LogP contribution is -2.33. The molecule has 106 valence electrons. The molecular formula is C14H22N2O2S. The molecule has 1 heterocycles. The molecule has 4 nitrogen and oxygen atoms in total. The van der Waals surface area contributed by atoms with E-state index >= 15 is 0 Å². The van der Waals surface area contributed by atoms with Gasteiger partial charge in [-0.2, -0.15) is 4.31 Å². The van der Waals surface area contributed by atoms with Gasteiger partial charge < -0.3 is 5.73 Å². The van der Waals surface area contributed by atoms with Gasteiger partial charge in [0.05, 0.1) is 4.90 Å². The summed E-state index contributed by atoms with van der Waals surface area (Å²) in [4.78, 5) is 0.371. The molecule has 1 aliphatic heterocycles. The van der Waals surface area contributed by atoms with Crippen molar-refractivity contribution in [2.24, 2.45) is 5.73 Å². The van der Waals surface area contributed by atoms with Crippen molar-refractivity contribution in [3.63, 3.8) is 0 Å². The van der Waals surface area contributed by atoms with E-state index < -0.39 is 10.0 Å². The lowest BCUT2D eigenvalue weighted by Gasteiger charge is -2.24. The second kappa shape index (κ2) is 6.50. The van der Waals surface area contributed by atoms with Crippen molar-refractivity contribution in [2.45, 2.75) is 43.5 Å². The average Bonchev–Trinajstić information content (AvgIpc) is 2.38. The Hall–Kier alpha value is -0.910. The monoisotopic (exact) mass is 282 g/mol. The van der Waals surface area contributed by atoms with Crippen LogP contribution >= 0.6 is 0 Å². The van der Waals surface area contributed by atoms with Gasteiger partial charge in [-0.1, -0.05) is 31.4 Å². The maximum atomic E-state index is 12.6. The molecule has 19 heavy (non-hydrogen) atoms. The Morgan fingerprint density at radius 1 is 1.05 bits per heavy atom. The van der Waals surface area contributed by atoms with Crippen LogP contribution in [-0.2, 0) is 16.6 Å². The normalized spacial score (nSPS) is 18.8. The Balaban J connectivity index is 2.23. The van der Waals surface area contributed by atoms with Crippen LogP contribution in [0.25, 0.3) is 0 Å². The van der Waals surface area contributed by atoms with Gasteiger partial charge in [0.2, 0.25) is 10.0 Å². The van der Waals surface area contributed by atoms with Crippen LogP contribution in [0.2, 0.25) is 0 Å². The minimum Gasteiger partial charge on any atom is -0.326 e. The van der Waals surface area contributed by atoms with Crippen molar-refractivity contribution in [2.75, 3.05) is 13.1 Å². The van der Waals surface area contributed by atoms with Crippen LogP contribution in [0.4, 0.5) is 0 Å². The third kappa shape index (κ3) is 3.55. The summed E-state index contributed by atoms with van der Waals surface area (Å²) in [5, 5.41) is 0. The highest BCUT2D eigenvalue weighted by Gasteiger charge is 2.24. The van der Waals surface area contributed by atoms with Gasteiger partial charge in [-0.3, -0.25) is 0 Å². The summed E-state index contributed by atoms with van der Waals surface area (Å²) < 4.78 is 26.8. The highest BCUT2D eigenvalue weighted by atomic mass is 32.2. The van der Waals surface area contributed by atoms with Crippen molar-refractivity contribution < 1.29 is 8.42 Å². The predicted molar refractivity (Wildman–Crippen MR) is 76.2 cm³/mol. The maximum absolute atomic E-state index is 12.6. The molecule has 2 rings (SSSR count). The van der Waals surface area contributed by atoms with E-state index in [9.17, 15) is 8.42 Å². The Morgan fingerprint density at radius 3 is 2.32 bits per heavy atom. The largest absolute Gasteiger partial charge is 0.326 e. The zero-order valence-corrected chi connectivity index (χ0v) is 12.0. The van der Waals surface area contributed by atoms with Gasteiger partial charge >= 0.3 is 0 Å². The van der Waals surface area contributed by atoms with Gasteiger partial charge in [0, 0.05) is 19.6 Å². The van der Waals surface area contributed by atoms with Gasteiger partial charge in [-0.25, -0.2) is 8.42 Å². The molecule has 0 aliphatic carbocycles. The van der Waals surface area contributed by atoms with Gasteiger partial charge in [0.25, 0.3) is 0 Å². The summed E-state index contributed by atoms with van der Waals surface area (Å²) in [6.07, 6.45) is 5.37. The van der Waals surface area contributed by atoms with E-state index in [2.05, 4.69) is 0 Å². The molecular weight excluding hydrogens is 260 g/mol. The molecule has 1 aromatic carbocycles. The van der Waals surface area contributed by atoms with E-state index in [-0.39, 0.29) is 0 Å². The van der Waals surface area contributed by atoms with Gasteiger partial charge in [0.15, 0.2) is 0 Å². The summed E-state index contributed by atoms with van der Waals surface area (Å²) in [7, 11) is -3.36. The van der Waals surface area contributed by atoms with E-state index in [1.54, 1.807) is 22.5 Å². The fourth-order valence-electron chi connectivity index (χ4n) is 2.44. The van der Waals surface area contributed by atoms with Gasteiger partial charge in [-0.05, 0) is 30.5 Å². The van der Waals surface area contributed by atoms with Crippen LogP contribution < -0.4 is 5.73 Å². The predicted octanol–water partition coefficient (Wildman–Crippen LogP) is 2.10. The fraction of sp³-hybridized carbons (Fsp3) is 0.571. The first kappa shape index (κ1) is 14.5. The summed E-state index contributed by atoms with van der Waals surface area (Å²) in [5.41, 5.74) is 6.43. The third-order valence-corrected chi connectivity index (χ3v) is 5.48. The van der Waals surface area contributed by atoms with Crippen molar-refractivity contribution in [1.29, 1.82) is 0 Å². The smallest absolute Gasteiger partial charge is 0.243 e. The minimum atomic E-state index is -3.36. The van der Waals surface area contributed by atoms with E-state index in [1.807, 2.05) is 6.07 Å². The van der Waals surface area contributed by atoms with Crippen molar-refractivity contribution in [3.8, 4) is 0 Å². The molecule has 0 bridgehead atoms. The second-order valence-electron chi connectivity index (χ2n) is 5.02. The lowest BCUT2D eigenvalue weighted by atomic mass is 10.1. The molecule has 5 heteroatoms. The topological polar surface area (TPSA) is 63.4 Å². The number of rotatable bonds is 3. The summed E-state index contributed by atoms with van der Waals surface area (Å²) >= 11 is 0. The Bertz CT molecular complexity index is 506. The number of hydrogen-bond acceptors (Lipinski definition) is 3. The highest BCUT2D eigenvalue weighted by molar-refractivity contribution is 7.89. The van der Waals surface area contributed by atoms with E-state index in [4.69, 9.17) is 5.73 Å². The van der Waals surface area contributed by atoms with Crippen molar-refractivity contribution >= 4 is 10.0 Å². The molecule has 0 radical (unpaired) electrons. The molecule has 0 saturated carbocycles. The Labute approximate surface area is 115 Å². The standard InChI is InChI=1S/C14H22N2O2S/c15-12-13-7-6-8-14(11-13)19(17,18)16-9-4-2-1-3-5-10-16/h6-8,11H,1-5,9-10,12,15H2. The van der Waals surface area contributed by atoms with Crippen molar-refractivity contribution in [1.82, 2.24) is 4.31 Å². The SMILES string of the molecule is NCc1cccc(S(=O)(=O)N2CCCCCCC2)c1. The molecule has 1 aliphatic rings. The number of benzene rings is 1. The first-order chi connectivity index (χ1) is 9.14. The number of nitrogens with zero attached hydrogens (tertiary/aromatic N) is 1. The highest BCUT2D eigenvalue weighted by Crippen LogP contribution is 2.20. The van der Waals surface area contributed by atoms with Crippen LogP contribution in [0.3, 0.4) is 0 Å². The molecule has 0 aromatic heterocycles. The molecule has 0 spiro atoms. The number of nitrogens with two attached hydrogens (primary N) is 1. The van der Waals surface area contributed by atoms with Crippen molar-refractivity contribution in [3.05, 3.63) is 29.8 Å². The number of sulfonamides is 1. The van der Waals surface area contributed by atoms with Crippen LogP contribution in [-0.4, -0.2) is 25.8 Å². The first-order valence-electron chi connectivity index (χ1n) is 6.94. The summed E-state index contributed by atoms with van der Waals surface area (Å²) in [6, 6.07) is 6.97.